The van der Waals surface area contributed by atoms with Crippen molar-refractivity contribution in [3.05, 3.63) is 17.0 Å². The minimum atomic E-state index is -0.473. The van der Waals surface area contributed by atoms with Crippen LogP contribution < -0.4 is 5.32 Å². The highest BCUT2D eigenvalue weighted by Gasteiger charge is 2.25. The Morgan fingerprint density at radius 2 is 1.95 bits per heavy atom. The Kier molecular flexibility index (Phi) is 5.34. The summed E-state index contributed by atoms with van der Waals surface area (Å²) in [7, 11) is 1.37. The first-order valence-corrected chi connectivity index (χ1v) is 6.92. The van der Waals surface area contributed by atoms with Gasteiger partial charge in [0.25, 0.3) is 0 Å². The summed E-state index contributed by atoms with van der Waals surface area (Å²) < 4.78 is 4.80. The van der Waals surface area contributed by atoms with Crippen LogP contribution in [0.2, 0.25) is 5.15 Å². The first-order valence-electron chi connectivity index (χ1n) is 6.54. The molecule has 1 atom stereocenters. The Labute approximate surface area is 125 Å². The minimum absolute atomic E-state index is 0.0641. The minimum Gasteiger partial charge on any atom is -0.467 e. The second kappa shape index (κ2) is 6.39. The van der Waals surface area contributed by atoms with Gasteiger partial charge in [-0.2, -0.15) is 0 Å². The average molecular weight is 300 g/mol. The third kappa shape index (κ3) is 4.34. The maximum absolute atomic E-state index is 11.8. The van der Waals surface area contributed by atoms with Crippen LogP contribution in [0.5, 0.6) is 0 Å². The quantitative estimate of drug-likeness (QED) is 0.684. The van der Waals surface area contributed by atoms with Gasteiger partial charge in [-0.1, -0.05) is 46.2 Å². The molecule has 0 amide bonds. The summed E-state index contributed by atoms with van der Waals surface area (Å²) in [5, 5.41) is 3.42. The Morgan fingerprint density at radius 1 is 1.35 bits per heavy atom. The molecule has 1 N–H and O–H groups in total. The van der Waals surface area contributed by atoms with Crippen molar-refractivity contribution < 1.29 is 9.53 Å². The first-order chi connectivity index (χ1) is 9.15. The second-order valence-corrected chi connectivity index (χ2v) is 6.43. The van der Waals surface area contributed by atoms with Gasteiger partial charge in [-0.25, -0.2) is 14.8 Å². The van der Waals surface area contributed by atoms with Crippen LogP contribution in [-0.2, 0) is 14.9 Å². The average Bonchev–Trinajstić information content (AvgIpc) is 2.33. The van der Waals surface area contributed by atoms with E-state index >= 15 is 0 Å². The third-order valence-electron chi connectivity index (χ3n) is 2.79. The Morgan fingerprint density at radius 3 is 2.40 bits per heavy atom. The molecule has 5 nitrogen and oxygen atoms in total. The van der Waals surface area contributed by atoms with E-state index < -0.39 is 6.04 Å². The Bertz CT molecular complexity index is 484. The predicted octanol–water partition coefficient (Wildman–Crippen LogP) is 3.04. The largest absolute Gasteiger partial charge is 0.467 e. The lowest BCUT2D eigenvalue weighted by Gasteiger charge is -2.22. The van der Waals surface area contributed by atoms with E-state index in [9.17, 15) is 4.79 Å². The first kappa shape index (κ1) is 16.7. The van der Waals surface area contributed by atoms with Crippen LogP contribution in [0.25, 0.3) is 0 Å². The summed E-state index contributed by atoms with van der Waals surface area (Å²) in [6, 6.07) is 1.13. The molecule has 112 valence electrons. The second-order valence-electron chi connectivity index (χ2n) is 6.04. The molecule has 1 heterocycles. The number of carbonyl (C=O) groups is 1. The van der Waals surface area contributed by atoms with Gasteiger partial charge >= 0.3 is 5.97 Å². The fourth-order valence-electron chi connectivity index (χ4n) is 1.61. The maximum atomic E-state index is 11.8. The van der Waals surface area contributed by atoms with Gasteiger partial charge in [0.2, 0.25) is 0 Å². The third-order valence-corrected chi connectivity index (χ3v) is 2.98. The summed E-state index contributed by atoms with van der Waals surface area (Å²) in [6.45, 7) is 9.87. The molecule has 0 bridgehead atoms. The number of nitrogens with zero attached hydrogens (tertiary/aromatic N) is 2. The number of halogens is 1. The molecule has 0 spiro atoms. The normalized spacial score (nSPS) is 13.2. The molecule has 0 aliphatic rings. The highest BCUT2D eigenvalue weighted by molar-refractivity contribution is 6.29. The van der Waals surface area contributed by atoms with Gasteiger partial charge < -0.3 is 10.1 Å². The Hall–Kier alpha value is -1.36. The van der Waals surface area contributed by atoms with E-state index in [1.165, 1.54) is 7.11 Å². The molecular formula is C14H22ClN3O2. The highest BCUT2D eigenvalue weighted by atomic mass is 35.5. The summed E-state index contributed by atoms with van der Waals surface area (Å²) in [6.07, 6.45) is 0. The maximum Gasteiger partial charge on any atom is 0.328 e. The molecule has 6 heteroatoms. The van der Waals surface area contributed by atoms with Gasteiger partial charge in [0, 0.05) is 11.5 Å². The van der Waals surface area contributed by atoms with Crippen molar-refractivity contribution in [2.24, 2.45) is 5.92 Å². The number of carbonyl (C=O) groups excluding carboxylic acids is 1. The topological polar surface area (TPSA) is 64.1 Å². The fourth-order valence-corrected chi connectivity index (χ4v) is 1.79. The molecule has 1 rings (SSSR count). The van der Waals surface area contributed by atoms with E-state index in [2.05, 4.69) is 15.3 Å². The molecule has 20 heavy (non-hydrogen) atoms. The zero-order chi connectivity index (χ0) is 15.5. The number of hydrogen-bond donors (Lipinski definition) is 1. The van der Waals surface area contributed by atoms with Crippen molar-refractivity contribution in [2.75, 3.05) is 12.4 Å². The summed E-state index contributed by atoms with van der Waals surface area (Å²) in [5.74, 6) is 0.889. The zero-order valence-corrected chi connectivity index (χ0v) is 13.6. The fraction of sp³-hybridized carbons (Fsp3) is 0.643. The van der Waals surface area contributed by atoms with E-state index in [0.29, 0.717) is 16.8 Å². The summed E-state index contributed by atoms with van der Waals surface area (Å²) in [5.41, 5.74) is -0.222. The number of nitrogens with one attached hydrogen (secondary N) is 1. The lowest BCUT2D eigenvalue weighted by molar-refractivity contribution is -0.142. The highest BCUT2D eigenvalue weighted by Crippen LogP contribution is 2.23. The number of ether oxygens (including phenoxy) is 1. The smallest absolute Gasteiger partial charge is 0.328 e. The molecular weight excluding hydrogens is 278 g/mol. The van der Waals surface area contributed by atoms with Gasteiger partial charge in [-0.3, -0.25) is 0 Å². The number of anilines is 1. The zero-order valence-electron chi connectivity index (χ0n) is 12.8. The number of rotatable bonds is 4. The van der Waals surface area contributed by atoms with Crippen molar-refractivity contribution in [1.82, 2.24) is 9.97 Å². The van der Waals surface area contributed by atoms with Gasteiger partial charge in [-0.05, 0) is 5.92 Å². The number of aromatic nitrogens is 2. The monoisotopic (exact) mass is 299 g/mol. The van der Waals surface area contributed by atoms with E-state index in [-0.39, 0.29) is 17.3 Å². The van der Waals surface area contributed by atoms with Crippen LogP contribution in [0.3, 0.4) is 0 Å². The predicted molar refractivity (Wildman–Crippen MR) is 80.0 cm³/mol. The molecule has 0 aliphatic heterocycles. The van der Waals surface area contributed by atoms with Crippen LogP contribution in [-0.4, -0.2) is 29.1 Å². The molecule has 0 radical (unpaired) electrons. The number of esters is 1. The Balaban J connectivity index is 3.07. The standard InChI is InChI=1S/C14H22ClN3O2/c1-8(2)11(12(19)20-6)17-10-7-9(15)16-13(18-10)14(3,4)5/h7-8,11H,1-6H3,(H,16,17,18). The van der Waals surface area contributed by atoms with Crippen molar-refractivity contribution >= 4 is 23.4 Å². The van der Waals surface area contributed by atoms with Gasteiger partial charge in [-0.15, -0.1) is 0 Å². The summed E-state index contributed by atoms with van der Waals surface area (Å²) >= 11 is 6.03. The van der Waals surface area contributed by atoms with Gasteiger partial charge in [0.15, 0.2) is 0 Å². The molecule has 0 saturated heterocycles. The molecule has 1 unspecified atom stereocenters. The SMILES string of the molecule is COC(=O)C(Nc1cc(Cl)nc(C(C)(C)C)n1)C(C)C. The van der Waals surface area contributed by atoms with Crippen LogP contribution in [0.1, 0.15) is 40.4 Å². The van der Waals surface area contributed by atoms with Crippen LogP contribution in [0.4, 0.5) is 5.82 Å². The number of methoxy groups -OCH3 is 1. The molecule has 0 aliphatic carbocycles. The lowest BCUT2D eigenvalue weighted by Crippen LogP contribution is -2.36. The van der Waals surface area contributed by atoms with Gasteiger partial charge in [0.1, 0.15) is 22.8 Å². The molecule has 0 saturated carbocycles. The van der Waals surface area contributed by atoms with Crippen LogP contribution in [0, 0.1) is 5.92 Å². The molecule has 1 aromatic rings. The molecule has 0 aromatic carbocycles. The van der Waals surface area contributed by atoms with E-state index in [1.54, 1.807) is 6.07 Å². The van der Waals surface area contributed by atoms with Crippen LogP contribution in [0.15, 0.2) is 6.07 Å². The van der Waals surface area contributed by atoms with Crippen molar-refractivity contribution in [3.63, 3.8) is 0 Å². The van der Waals surface area contributed by atoms with Gasteiger partial charge in [0.05, 0.1) is 7.11 Å². The van der Waals surface area contributed by atoms with Crippen molar-refractivity contribution in [1.29, 1.82) is 0 Å². The van der Waals surface area contributed by atoms with Crippen molar-refractivity contribution in [3.8, 4) is 0 Å². The van der Waals surface area contributed by atoms with Crippen molar-refractivity contribution in [2.45, 2.75) is 46.1 Å². The van der Waals surface area contributed by atoms with E-state index in [4.69, 9.17) is 16.3 Å². The van der Waals surface area contributed by atoms with E-state index in [1.807, 2.05) is 34.6 Å². The van der Waals surface area contributed by atoms with Crippen LogP contribution >= 0.6 is 11.6 Å². The lowest BCUT2D eigenvalue weighted by atomic mass is 9.96. The molecule has 0 fully saturated rings. The number of hydrogen-bond acceptors (Lipinski definition) is 5. The molecule has 1 aromatic heterocycles. The summed E-state index contributed by atoms with van der Waals surface area (Å²) in [4.78, 5) is 20.4. The van der Waals surface area contributed by atoms with E-state index in [0.717, 1.165) is 0 Å².